The summed E-state index contributed by atoms with van der Waals surface area (Å²) in [5.74, 6) is 0. The third kappa shape index (κ3) is 3.18. The molecule has 3 aromatic rings. The standard InChI is InChI=1S/C17H19N3O3S/c1-10-13(8-12-4-7-16(18-9-12)24(3,22)23)17-15(19-10)6-5-14(20-17)11(2)21/h4-7,9,11,19,21H,8H2,1-3H3. The SMILES string of the molecule is Cc1[nH]c2ccc(C(C)O)nc2c1Cc1ccc(S(C)(=O)=O)nc1. The van der Waals surface area contributed by atoms with E-state index in [-0.39, 0.29) is 5.03 Å². The average molecular weight is 345 g/mol. The van der Waals surface area contributed by atoms with Crippen molar-refractivity contribution in [1.82, 2.24) is 15.0 Å². The Labute approximate surface area is 140 Å². The van der Waals surface area contributed by atoms with Gasteiger partial charge in [0.15, 0.2) is 14.9 Å². The first-order valence-corrected chi connectivity index (χ1v) is 9.46. The van der Waals surface area contributed by atoms with Gasteiger partial charge >= 0.3 is 0 Å². The lowest BCUT2D eigenvalue weighted by Gasteiger charge is -2.06. The minimum Gasteiger partial charge on any atom is -0.387 e. The first-order valence-electron chi connectivity index (χ1n) is 7.57. The van der Waals surface area contributed by atoms with Gasteiger partial charge in [0.05, 0.1) is 22.8 Å². The van der Waals surface area contributed by atoms with Crippen LogP contribution in [-0.2, 0) is 16.3 Å². The summed E-state index contributed by atoms with van der Waals surface area (Å²) in [7, 11) is -3.30. The highest BCUT2D eigenvalue weighted by atomic mass is 32.2. The highest BCUT2D eigenvalue weighted by molar-refractivity contribution is 7.90. The van der Waals surface area contributed by atoms with Crippen molar-refractivity contribution in [2.45, 2.75) is 31.4 Å². The van der Waals surface area contributed by atoms with Crippen LogP contribution in [0.4, 0.5) is 0 Å². The van der Waals surface area contributed by atoms with E-state index in [1.54, 1.807) is 25.3 Å². The highest BCUT2D eigenvalue weighted by Gasteiger charge is 2.14. The Morgan fingerprint density at radius 3 is 2.58 bits per heavy atom. The number of aromatic nitrogens is 3. The van der Waals surface area contributed by atoms with E-state index in [2.05, 4.69) is 15.0 Å². The number of fused-ring (bicyclic) bond motifs is 1. The monoisotopic (exact) mass is 345 g/mol. The molecule has 0 fully saturated rings. The largest absolute Gasteiger partial charge is 0.387 e. The van der Waals surface area contributed by atoms with Crippen LogP contribution in [0.3, 0.4) is 0 Å². The van der Waals surface area contributed by atoms with Gasteiger partial charge < -0.3 is 10.1 Å². The van der Waals surface area contributed by atoms with Gasteiger partial charge in [0.1, 0.15) is 0 Å². The maximum absolute atomic E-state index is 11.5. The van der Waals surface area contributed by atoms with Gasteiger partial charge in [-0.1, -0.05) is 6.07 Å². The summed E-state index contributed by atoms with van der Waals surface area (Å²) in [6.07, 6.45) is 2.67. The van der Waals surface area contributed by atoms with Crippen molar-refractivity contribution in [2.75, 3.05) is 6.26 Å². The molecular weight excluding hydrogens is 326 g/mol. The quantitative estimate of drug-likeness (QED) is 0.756. The summed E-state index contributed by atoms with van der Waals surface area (Å²) in [5, 5.41) is 9.80. The number of hydrogen-bond donors (Lipinski definition) is 2. The number of aliphatic hydroxyl groups excluding tert-OH is 1. The van der Waals surface area contributed by atoms with Crippen molar-refractivity contribution in [1.29, 1.82) is 0 Å². The molecule has 0 aliphatic carbocycles. The maximum Gasteiger partial charge on any atom is 0.192 e. The molecule has 3 rings (SSSR count). The molecule has 3 heterocycles. The molecule has 1 atom stereocenters. The molecule has 3 aromatic heterocycles. The van der Waals surface area contributed by atoms with Gasteiger partial charge in [0.25, 0.3) is 0 Å². The van der Waals surface area contributed by atoms with E-state index in [9.17, 15) is 13.5 Å². The zero-order valence-electron chi connectivity index (χ0n) is 13.7. The normalized spacial score (nSPS) is 13.3. The van der Waals surface area contributed by atoms with E-state index >= 15 is 0 Å². The van der Waals surface area contributed by atoms with Crippen LogP contribution < -0.4 is 0 Å². The van der Waals surface area contributed by atoms with Gasteiger partial charge in [0.2, 0.25) is 0 Å². The van der Waals surface area contributed by atoms with E-state index < -0.39 is 15.9 Å². The molecule has 0 amide bonds. The second kappa shape index (κ2) is 5.99. The van der Waals surface area contributed by atoms with Crippen LogP contribution in [0.25, 0.3) is 11.0 Å². The molecule has 0 spiro atoms. The number of aromatic amines is 1. The molecule has 0 aliphatic rings. The van der Waals surface area contributed by atoms with Crippen molar-refractivity contribution in [2.24, 2.45) is 0 Å². The Kier molecular flexibility index (Phi) is 4.15. The Morgan fingerprint density at radius 2 is 2.00 bits per heavy atom. The van der Waals surface area contributed by atoms with Crippen molar-refractivity contribution in [3.8, 4) is 0 Å². The number of nitrogens with zero attached hydrogens (tertiary/aromatic N) is 2. The number of aliphatic hydroxyl groups is 1. The summed E-state index contributed by atoms with van der Waals surface area (Å²) in [5.41, 5.74) is 5.25. The molecular formula is C17H19N3O3S. The van der Waals surface area contributed by atoms with E-state index in [0.717, 1.165) is 34.1 Å². The van der Waals surface area contributed by atoms with Gasteiger partial charge in [-0.05, 0) is 37.6 Å². The van der Waals surface area contributed by atoms with Gasteiger partial charge in [-0.2, -0.15) is 0 Å². The third-order valence-electron chi connectivity index (χ3n) is 3.96. The summed E-state index contributed by atoms with van der Waals surface area (Å²) < 4.78 is 23.0. The fraction of sp³-hybridized carbons (Fsp3) is 0.294. The number of pyridine rings is 2. The highest BCUT2D eigenvalue weighted by Crippen LogP contribution is 2.25. The Hall–Kier alpha value is -2.25. The van der Waals surface area contributed by atoms with Crippen LogP contribution in [0.5, 0.6) is 0 Å². The first-order chi connectivity index (χ1) is 11.3. The number of nitrogens with one attached hydrogen (secondary N) is 1. The molecule has 1 unspecified atom stereocenters. The molecule has 24 heavy (non-hydrogen) atoms. The Balaban J connectivity index is 2.00. The van der Waals surface area contributed by atoms with Crippen LogP contribution in [-0.4, -0.2) is 34.7 Å². The molecule has 0 aliphatic heterocycles. The van der Waals surface area contributed by atoms with Gasteiger partial charge in [0, 0.05) is 30.1 Å². The second-order valence-corrected chi connectivity index (χ2v) is 7.95. The van der Waals surface area contributed by atoms with Crippen molar-refractivity contribution in [3.05, 3.63) is 53.0 Å². The lowest BCUT2D eigenvalue weighted by Crippen LogP contribution is -2.01. The second-order valence-electron chi connectivity index (χ2n) is 5.99. The van der Waals surface area contributed by atoms with Crippen molar-refractivity contribution in [3.63, 3.8) is 0 Å². The number of rotatable bonds is 4. The molecule has 0 bridgehead atoms. The Bertz CT molecular complexity index is 990. The summed E-state index contributed by atoms with van der Waals surface area (Å²) >= 11 is 0. The minimum atomic E-state index is -3.30. The van der Waals surface area contributed by atoms with Gasteiger partial charge in [-0.15, -0.1) is 0 Å². The number of H-pyrrole nitrogens is 1. The zero-order valence-corrected chi connectivity index (χ0v) is 14.6. The number of hydrogen-bond acceptors (Lipinski definition) is 5. The van der Waals surface area contributed by atoms with Crippen LogP contribution in [0.2, 0.25) is 0 Å². The number of aryl methyl sites for hydroxylation is 1. The predicted octanol–water partition coefficient (Wildman–Crippen LogP) is 2.31. The topological polar surface area (TPSA) is 95.9 Å². The van der Waals surface area contributed by atoms with Crippen LogP contribution in [0, 0.1) is 6.92 Å². The van der Waals surface area contributed by atoms with E-state index in [1.165, 1.54) is 6.07 Å². The zero-order chi connectivity index (χ0) is 17.5. The molecule has 0 aromatic carbocycles. The maximum atomic E-state index is 11.5. The summed E-state index contributed by atoms with van der Waals surface area (Å²) in [6.45, 7) is 3.65. The van der Waals surface area contributed by atoms with Crippen LogP contribution in [0.15, 0.2) is 35.5 Å². The molecule has 7 heteroatoms. The molecule has 0 radical (unpaired) electrons. The molecule has 6 nitrogen and oxygen atoms in total. The fourth-order valence-electron chi connectivity index (χ4n) is 2.65. The molecule has 0 saturated carbocycles. The van der Waals surface area contributed by atoms with Crippen molar-refractivity contribution >= 4 is 20.9 Å². The number of sulfone groups is 1. The third-order valence-corrected chi connectivity index (χ3v) is 4.97. The lowest BCUT2D eigenvalue weighted by molar-refractivity contribution is 0.195. The summed E-state index contributed by atoms with van der Waals surface area (Å²) in [4.78, 5) is 11.9. The average Bonchev–Trinajstić information content (AvgIpc) is 2.82. The Morgan fingerprint density at radius 1 is 1.25 bits per heavy atom. The first kappa shape index (κ1) is 16.6. The summed E-state index contributed by atoms with van der Waals surface area (Å²) in [6, 6.07) is 6.99. The van der Waals surface area contributed by atoms with Crippen molar-refractivity contribution < 1.29 is 13.5 Å². The minimum absolute atomic E-state index is 0.0661. The lowest BCUT2D eigenvalue weighted by atomic mass is 10.1. The van der Waals surface area contributed by atoms with Gasteiger partial charge in [-0.25, -0.2) is 18.4 Å². The van der Waals surface area contributed by atoms with Crippen LogP contribution >= 0.6 is 0 Å². The molecule has 2 N–H and O–H groups in total. The van der Waals surface area contributed by atoms with E-state index in [0.29, 0.717) is 12.1 Å². The van der Waals surface area contributed by atoms with Crippen LogP contribution in [0.1, 0.15) is 35.5 Å². The van der Waals surface area contributed by atoms with E-state index in [1.807, 2.05) is 13.0 Å². The van der Waals surface area contributed by atoms with E-state index in [4.69, 9.17) is 0 Å². The smallest absolute Gasteiger partial charge is 0.192 e. The van der Waals surface area contributed by atoms with Gasteiger partial charge in [-0.3, -0.25) is 0 Å². The molecule has 0 saturated heterocycles. The fourth-order valence-corrected chi connectivity index (χ4v) is 3.21. The predicted molar refractivity (Wildman–Crippen MR) is 91.6 cm³/mol. The molecule has 126 valence electrons.